The number of esters is 1. The van der Waals surface area contributed by atoms with Crippen LogP contribution in [0.5, 0.6) is 5.75 Å². The Balaban J connectivity index is 1.73. The van der Waals surface area contributed by atoms with Crippen molar-refractivity contribution in [2.45, 2.75) is 18.2 Å². The summed E-state index contributed by atoms with van der Waals surface area (Å²) in [6.07, 6.45) is 1.64. The molecule has 0 amide bonds. The van der Waals surface area contributed by atoms with Crippen LogP contribution in [0.3, 0.4) is 0 Å². The maximum absolute atomic E-state index is 12.4. The van der Waals surface area contributed by atoms with Crippen molar-refractivity contribution in [3.05, 3.63) is 76.6 Å². The minimum Gasteiger partial charge on any atom is -0.489 e. The molecule has 1 heterocycles. The number of rotatable bonds is 10. The SMILES string of the molecule is CCOC(=O)c1nn(-c2ccc([N+](=O)[O-])cc2)cc1OCCCS(=O)(=O)c1ccccc1. The zero-order valence-corrected chi connectivity index (χ0v) is 18.0. The van der Waals surface area contributed by atoms with Crippen LogP contribution in [-0.2, 0) is 14.6 Å². The van der Waals surface area contributed by atoms with Crippen LogP contribution in [0.15, 0.2) is 65.7 Å². The third-order valence-corrected chi connectivity index (χ3v) is 6.21. The van der Waals surface area contributed by atoms with Gasteiger partial charge < -0.3 is 9.47 Å². The Bertz CT molecular complexity index is 1190. The highest BCUT2D eigenvalue weighted by Crippen LogP contribution is 2.23. The van der Waals surface area contributed by atoms with Gasteiger partial charge in [-0.05, 0) is 37.6 Å². The van der Waals surface area contributed by atoms with Crippen LogP contribution in [0.25, 0.3) is 5.69 Å². The molecule has 0 unspecified atom stereocenters. The lowest BCUT2D eigenvalue weighted by molar-refractivity contribution is -0.384. The van der Waals surface area contributed by atoms with Crippen LogP contribution in [0.4, 0.5) is 5.69 Å². The van der Waals surface area contributed by atoms with Crippen molar-refractivity contribution in [3.8, 4) is 11.4 Å². The Morgan fingerprint density at radius 3 is 2.44 bits per heavy atom. The second kappa shape index (κ2) is 10.1. The van der Waals surface area contributed by atoms with E-state index in [9.17, 15) is 23.3 Å². The standard InChI is InChI=1S/C21H21N3O7S/c1-2-30-21(25)20-19(15-23(22-20)16-9-11-17(12-10-16)24(26)27)31-13-6-14-32(28,29)18-7-4-3-5-8-18/h3-5,7-12,15H,2,6,13-14H2,1H3. The summed E-state index contributed by atoms with van der Waals surface area (Å²) in [5, 5.41) is 15.0. The number of non-ortho nitro benzene ring substituents is 1. The zero-order valence-electron chi connectivity index (χ0n) is 17.2. The van der Waals surface area contributed by atoms with E-state index in [0.29, 0.717) is 5.69 Å². The number of sulfone groups is 1. The number of carbonyl (C=O) groups is 1. The molecule has 0 saturated carbocycles. The summed E-state index contributed by atoms with van der Waals surface area (Å²) in [5.41, 5.74) is 0.321. The normalized spacial score (nSPS) is 11.2. The van der Waals surface area contributed by atoms with E-state index in [0.717, 1.165) is 0 Å². The van der Waals surface area contributed by atoms with Gasteiger partial charge in [0.1, 0.15) is 0 Å². The van der Waals surface area contributed by atoms with Crippen molar-refractivity contribution in [3.63, 3.8) is 0 Å². The predicted octanol–water partition coefficient (Wildman–Crippen LogP) is 3.20. The zero-order chi connectivity index (χ0) is 23.1. The molecule has 0 N–H and O–H groups in total. The quantitative estimate of drug-likeness (QED) is 0.195. The van der Waals surface area contributed by atoms with Crippen molar-refractivity contribution in [2.75, 3.05) is 19.0 Å². The molecule has 0 saturated heterocycles. The van der Waals surface area contributed by atoms with E-state index < -0.39 is 20.7 Å². The highest BCUT2D eigenvalue weighted by atomic mass is 32.2. The van der Waals surface area contributed by atoms with Gasteiger partial charge in [0.15, 0.2) is 15.6 Å². The molecule has 3 aromatic rings. The number of hydrogen-bond donors (Lipinski definition) is 0. The summed E-state index contributed by atoms with van der Waals surface area (Å²) in [6, 6.07) is 13.7. The van der Waals surface area contributed by atoms with Gasteiger partial charge in [-0.1, -0.05) is 18.2 Å². The molecular formula is C21H21N3O7S. The second-order valence-corrected chi connectivity index (χ2v) is 8.72. The summed E-state index contributed by atoms with van der Waals surface area (Å²) in [7, 11) is -3.45. The van der Waals surface area contributed by atoms with Crippen LogP contribution in [0.2, 0.25) is 0 Å². The Hall–Kier alpha value is -3.73. The van der Waals surface area contributed by atoms with Gasteiger partial charge >= 0.3 is 5.97 Å². The van der Waals surface area contributed by atoms with Crippen molar-refractivity contribution in [1.29, 1.82) is 0 Å². The van der Waals surface area contributed by atoms with Gasteiger partial charge in [0, 0.05) is 12.1 Å². The van der Waals surface area contributed by atoms with Gasteiger partial charge in [-0.3, -0.25) is 10.1 Å². The van der Waals surface area contributed by atoms with E-state index in [4.69, 9.17) is 9.47 Å². The number of benzene rings is 2. The molecule has 0 bridgehead atoms. The average molecular weight is 459 g/mol. The minimum atomic E-state index is -3.45. The molecule has 0 spiro atoms. The van der Waals surface area contributed by atoms with Crippen LogP contribution in [-0.4, -0.2) is 48.1 Å². The third-order valence-electron chi connectivity index (χ3n) is 4.39. The minimum absolute atomic E-state index is 0.0322. The molecule has 0 fully saturated rings. The molecule has 0 aliphatic rings. The highest BCUT2D eigenvalue weighted by molar-refractivity contribution is 7.91. The molecule has 3 rings (SSSR count). The topological polar surface area (TPSA) is 131 Å². The fourth-order valence-corrected chi connectivity index (χ4v) is 4.15. The average Bonchev–Trinajstić information content (AvgIpc) is 3.22. The molecule has 0 atom stereocenters. The van der Waals surface area contributed by atoms with E-state index in [1.807, 2.05) is 0 Å². The van der Waals surface area contributed by atoms with Gasteiger partial charge in [-0.15, -0.1) is 0 Å². The van der Waals surface area contributed by atoms with Gasteiger partial charge in [-0.25, -0.2) is 17.9 Å². The molecule has 0 radical (unpaired) electrons. The van der Waals surface area contributed by atoms with E-state index >= 15 is 0 Å². The maximum Gasteiger partial charge on any atom is 0.362 e. The molecule has 10 nitrogen and oxygen atoms in total. The molecule has 168 valence electrons. The first-order chi connectivity index (χ1) is 15.3. The van der Waals surface area contributed by atoms with Crippen molar-refractivity contribution in [1.82, 2.24) is 9.78 Å². The number of aromatic nitrogens is 2. The van der Waals surface area contributed by atoms with Crippen LogP contribution in [0, 0.1) is 10.1 Å². The largest absolute Gasteiger partial charge is 0.489 e. The van der Waals surface area contributed by atoms with Crippen LogP contribution >= 0.6 is 0 Å². The number of nitro groups is 1. The first kappa shape index (κ1) is 22.9. The number of hydrogen-bond acceptors (Lipinski definition) is 8. The highest BCUT2D eigenvalue weighted by Gasteiger charge is 2.21. The number of ether oxygens (including phenoxy) is 2. The van der Waals surface area contributed by atoms with Gasteiger partial charge in [-0.2, -0.15) is 5.10 Å². The van der Waals surface area contributed by atoms with Crippen molar-refractivity contribution in [2.24, 2.45) is 0 Å². The molecule has 32 heavy (non-hydrogen) atoms. The molecule has 0 aliphatic heterocycles. The third kappa shape index (κ3) is 5.49. The summed E-state index contributed by atoms with van der Waals surface area (Å²) >= 11 is 0. The van der Waals surface area contributed by atoms with Gasteiger partial charge in [0.05, 0.1) is 40.7 Å². The molecule has 1 aromatic heterocycles. The van der Waals surface area contributed by atoms with Crippen LogP contribution in [0.1, 0.15) is 23.8 Å². The van der Waals surface area contributed by atoms with Crippen molar-refractivity contribution < 1.29 is 27.6 Å². The fraction of sp³-hybridized carbons (Fsp3) is 0.238. The lowest BCUT2D eigenvalue weighted by atomic mass is 10.3. The Morgan fingerprint density at radius 2 is 1.81 bits per heavy atom. The lowest BCUT2D eigenvalue weighted by Crippen LogP contribution is -2.12. The number of nitrogens with zero attached hydrogens (tertiary/aromatic N) is 3. The molecule has 0 aliphatic carbocycles. The van der Waals surface area contributed by atoms with E-state index in [2.05, 4.69) is 5.10 Å². The van der Waals surface area contributed by atoms with Gasteiger partial charge in [0.2, 0.25) is 5.69 Å². The Kier molecular flexibility index (Phi) is 7.21. The summed E-state index contributed by atoms with van der Waals surface area (Å²) < 4.78 is 36.7. The Morgan fingerprint density at radius 1 is 1.12 bits per heavy atom. The molecular weight excluding hydrogens is 438 g/mol. The Labute approximate surface area is 184 Å². The number of nitro benzene ring substituents is 1. The van der Waals surface area contributed by atoms with E-state index in [1.54, 1.807) is 25.1 Å². The fourth-order valence-electron chi connectivity index (χ4n) is 2.84. The summed E-state index contributed by atoms with van der Waals surface area (Å²) in [5.74, 6) is -0.693. The molecule has 2 aromatic carbocycles. The maximum atomic E-state index is 12.4. The number of carbonyl (C=O) groups excluding carboxylic acids is 1. The first-order valence-electron chi connectivity index (χ1n) is 9.74. The van der Waals surface area contributed by atoms with Crippen molar-refractivity contribution >= 4 is 21.5 Å². The second-order valence-electron chi connectivity index (χ2n) is 6.61. The predicted molar refractivity (Wildman–Crippen MR) is 115 cm³/mol. The first-order valence-corrected chi connectivity index (χ1v) is 11.4. The summed E-state index contributed by atoms with van der Waals surface area (Å²) in [4.78, 5) is 22.8. The lowest BCUT2D eigenvalue weighted by Gasteiger charge is -2.07. The van der Waals surface area contributed by atoms with E-state index in [-0.39, 0.29) is 47.4 Å². The van der Waals surface area contributed by atoms with Gasteiger partial charge in [0.25, 0.3) is 5.69 Å². The van der Waals surface area contributed by atoms with E-state index in [1.165, 1.54) is 47.3 Å². The molecule has 11 heteroatoms. The monoisotopic (exact) mass is 459 g/mol. The van der Waals surface area contributed by atoms with Crippen LogP contribution < -0.4 is 4.74 Å². The summed E-state index contributed by atoms with van der Waals surface area (Å²) in [6.45, 7) is 1.82. The smallest absolute Gasteiger partial charge is 0.362 e.